The van der Waals surface area contributed by atoms with Gasteiger partial charge in [-0.1, -0.05) is 42.1 Å². The maximum atomic E-state index is 12.3. The van der Waals surface area contributed by atoms with Crippen LogP contribution in [-0.4, -0.2) is 39.4 Å². The average Bonchev–Trinajstić information content (AvgIpc) is 3.11. The van der Waals surface area contributed by atoms with Crippen molar-refractivity contribution in [3.63, 3.8) is 0 Å². The fourth-order valence-electron chi connectivity index (χ4n) is 2.72. The van der Waals surface area contributed by atoms with Crippen LogP contribution >= 0.6 is 11.8 Å². The maximum Gasteiger partial charge on any atom is 0.234 e. The number of carbonyl (C=O) groups is 2. The van der Waals surface area contributed by atoms with Gasteiger partial charge in [-0.05, 0) is 24.3 Å². The molecule has 0 radical (unpaired) electrons. The number of hydrogen-bond acceptors (Lipinski definition) is 6. The van der Waals surface area contributed by atoms with Crippen LogP contribution in [0, 0.1) is 0 Å². The summed E-state index contributed by atoms with van der Waals surface area (Å²) in [6, 6.07) is 16.5. The molecule has 8 nitrogen and oxygen atoms in total. The zero-order valence-corrected chi connectivity index (χ0v) is 17.6. The number of thioether (sulfide) groups is 1. The van der Waals surface area contributed by atoms with E-state index in [4.69, 9.17) is 4.74 Å². The first-order valence-corrected chi connectivity index (χ1v) is 10.3. The standard InChI is InChI=1S/C21H23N5O3S/c1-26-18(12-13-19(27)22-15-8-4-3-5-9-15)24-25-21(26)30-14-20(28)23-16-10-6-7-11-17(16)29-2/h3-11H,12-14H2,1-2H3,(H,22,27)(H,23,28). The van der Waals surface area contributed by atoms with Crippen LogP contribution in [0.1, 0.15) is 12.2 Å². The van der Waals surface area contributed by atoms with E-state index < -0.39 is 0 Å². The summed E-state index contributed by atoms with van der Waals surface area (Å²) in [5.74, 6) is 1.21. The van der Waals surface area contributed by atoms with E-state index in [0.717, 1.165) is 5.69 Å². The molecule has 2 N–H and O–H groups in total. The minimum atomic E-state index is -0.170. The van der Waals surface area contributed by atoms with Gasteiger partial charge in [-0.2, -0.15) is 0 Å². The number of ether oxygens (including phenoxy) is 1. The van der Waals surface area contributed by atoms with Gasteiger partial charge in [0.2, 0.25) is 11.8 Å². The number of anilines is 2. The lowest BCUT2D eigenvalue weighted by molar-refractivity contribution is -0.116. The van der Waals surface area contributed by atoms with E-state index in [2.05, 4.69) is 20.8 Å². The highest BCUT2D eigenvalue weighted by atomic mass is 32.2. The van der Waals surface area contributed by atoms with Crippen molar-refractivity contribution in [1.82, 2.24) is 14.8 Å². The highest BCUT2D eigenvalue weighted by Gasteiger charge is 2.14. The van der Waals surface area contributed by atoms with Crippen molar-refractivity contribution >= 4 is 35.0 Å². The second kappa shape index (κ2) is 10.4. The highest BCUT2D eigenvalue weighted by molar-refractivity contribution is 7.99. The molecule has 0 saturated carbocycles. The number of hydrogen-bond donors (Lipinski definition) is 2. The Morgan fingerprint density at radius 3 is 2.50 bits per heavy atom. The predicted molar refractivity (Wildman–Crippen MR) is 117 cm³/mol. The van der Waals surface area contributed by atoms with Crippen molar-refractivity contribution in [3.05, 3.63) is 60.4 Å². The quantitative estimate of drug-likeness (QED) is 0.511. The SMILES string of the molecule is COc1ccccc1NC(=O)CSc1nnc(CCC(=O)Nc2ccccc2)n1C. The molecule has 30 heavy (non-hydrogen) atoms. The molecule has 0 aliphatic carbocycles. The lowest BCUT2D eigenvalue weighted by atomic mass is 10.2. The Balaban J connectivity index is 1.49. The number of aryl methyl sites for hydroxylation is 1. The summed E-state index contributed by atoms with van der Waals surface area (Å²) < 4.78 is 7.04. The second-order valence-corrected chi connectivity index (χ2v) is 7.35. The van der Waals surface area contributed by atoms with E-state index in [-0.39, 0.29) is 17.6 Å². The summed E-state index contributed by atoms with van der Waals surface area (Å²) in [6.07, 6.45) is 0.746. The number of nitrogens with zero attached hydrogens (tertiary/aromatic N) is 3. The molecule has 3 aromatic rings. The average molecular weight is 426 g/mol. The van der Waals surface area contributed by atoms with Crippen LogP contribution in [-0.2, 0) is 23.1 Å². The molecular weight excluding hydrogens is 402 g/mol. The highest BCUT2D eigenvalue weighted by Crippen LogP contribution is 2.24. The van der Waals surface area contributed by atoms with Crippen LogP contribution in [0.3, 0.4) is 0 Å². The molecule has 0 fully saturated rings. The van der Waals surface area contributed by atoms with Crippen molar-refractivity contribution in [3.8, 4) is 5.75 Å². The van der Waals surface area contributed by atoms with Crippen LogP contribution in [0.2, 0.25) is 0 Å². The summed E-state index contributed by atoms with van der Waals surface area (Å²) in [7, 11) is 3.38. The molecule has 1 heterocycles. The number of rotatable bonds is 9. The lowest BCUT2D eigenvalue weighted by Gasteiger charge is -2.09. The lowest BCUT2D eigenvalue weighted by Crippen LogP contribution is -2.15. The normalized spacial score (nSPS) is 10.5. The van der Waals surface area contributed by atoms with Crippen LogP contribution in [0.5, 0.6) is 5.75 Å². The van der Waals surface area contributed by atoms with Gasteiger partial charge in [0, 0.05) is 25.6 Å². The molecule has 2 aromatic carbocycles. The number of carbonyl (C=O) groups excluding carboxylic acids is 2. The Morgan fingerprint density at radius 2 is 1.73 bits per heavy atom. The van der Waals surface area contributed by atoms with Crippen LogP contribution in [0.15, 0.2) is 59.8 Å². The largest absolute Gasteiger partial charge is 0.495 e. The number of benzene rings is 2. The third-order valence-corrected chi connectivity index (χ3v) is 5.29. The third-order valence-electron chi connectivity index (χ3n) is 4.27. The van der Waals surface area contributed by atoms with E-state index in [1.807, 2.05) is 49.5 Å². The number of methoxy groups -OCH3 is 1. The zero-order valence-electron chi connectivity index (χ0n) is 16.8. The summed E-state index contributed by atoms with van der Waals surface area (Å²) in [5, 5.41) is 14.6. The van der Waals surface area contributed by atoms with Crippen molar-refractivity contribution in [2.75, 3.05) is 23.5 Å². The Kier molecular flexibility index (Phi) is 7.45. The molecule has 0 spiro atoms. The van der Waals surface area contributed by atoms with Gasteiger partial charge >= 0.3 is 0 Å². The summed E-state index contributed by atoms with van der Waals surface area (Å²) in [5.41, 5.74) is 1.38. The molecule has 0 aliphatic heterocycles. The van der Waals surface area contributed by atoms with Gasteiger partial charge < -0.3 is 19.9 Å². The van der Waals surface area contributed by atoms with Gasteiger partial charge in [-0.25, -0.2) is 0 Å². The number of amides is 2. The first-order valence-electron chi connectivity index (χ1n) is 9.35. The molecule has 0 bridgehead atoms. The number of aromatic nitrogens is 3. The second-order valence-electron chi connectivity index (χ2n) is 6.41. The fraction of sp³-hybridized carbons (Fsp3) is 0.238. The first kappa shape index (κ1) is 21.4. The molecule has 156 valence electrons. The Hall–Kier alpha value is -3.33. The molecule has 9 heteroatoms. The topological polar surface area (TPSA) is 98.1 Å². The van der Waals surface area contributed by atoms with Gasteiger partial charge in [0.25, 0.3) is 0 Å². The van der Waals surface area contributed by atoms with E-state index in [1.165, 1.54) is 11.8 Å². The van der Waals surface area contributed by atoms with Crippen molar-refractivity contribution < 1.29 is 14.3 Å². The van der Waals surface area contributed by atoms with Crippen LogP contribution in [0.25, 0.3) is 0 Å². The van der Waals surface area contributed by atoms with Crippen molar-refractivity contribution in [1.29, 1.82) is 0 Å². The van der Waals surface area contributed by atoms with Crippen LogP contribution < -0.4 is 15.4 Å². The predicted octanol–water partition coefficient (Wildman–Crippen LogP) is 3.13. The van der Waals surface area contributed by atoms with Gasteiger partial charge in [0.05, 0.1) is 18.6 Å². The summed E-state index contributed by atoms with van der Waals surface area (Å²) in [6.45, 7) is 0. The Bertz CT molecular complexity index is 1010. The van der Waals surface area contributed by atoms with Crippen LogP contribution in [0.4, 0.5) is 11.4 Å². The van der Waals surface area contributed by atoms with Crippen molar-refractivity contribution in [2.45, 2.75) is 18.0 Å². The molecule has 2 amide bonds. The molecule has 0 saturated heterocycles. The molecule has 1 aromatic heterocycles. The Labute approximate surface area is 179 Å². The summed E-state index contributed by atoms with van der Waals surface area (Å²) in [4.78, 5) is 24.4. The molecule has 0 unspecified atom stereocenters. The van der Waals surface area contributed by atoms with Crippen molar-refractivity contribution in [2.24, 2.45) is 7.05 Å². The van der Waals surface area contributed by atoms with E-state index >= 15 is 0 Å². The van der Waals surface area contributed by atoms with Gasteiger partial charge in [0.1, 0.15) is 11.6 Å². The zero-order chi connectivity index (χ0) is 21.3. The third kappa shape index (κ3) is 5.84. The minimum Gasteiger partial charge on any atom is -0.495 e. The Morgan fingerprint density at radius 1 is 1.00 bits per heavy atom. The van der Waals surface area contributed by atoms with Gasteiger partial charge in [-0.15, -0.1) is 10.2 Å². The minimum absolute atomic E-state index is 0.0883. The number of para-hydroxylation sites is 3. The maximum absolute atomic E-state index is 12.3. The van der Waals surface area contributed by atoms with E-state index in [1.54, 1.807) is 23.8 Å². The molecule has 0 atom stereocenters. The van der Waals surface area contributed by atoms with E-state index in [0.29, 0.717) is 35.3 Å². The smallest absolute Gasteiger partial charge is 0.234 e. The van der Waals surface area contributed by atoms with Gasteiger partial charge in [-0.3, -0.25) is 9.59 Å². The fourth-order valence-corrected chi connectivity index (χ4v) is 3.45. The first-order chi connectivity index (χ1) is 14.6. The monoisotopic (exact) mass is 425 g/mol. The molecular formula is C21H23N5O3S. The molecule has 0 aliphatic rings. The molecule has 3 rings (SSSR count). The van der Waals surface area contributed by atoms with Gasteiger partial charge in [0.15, 0.2) is 5.16 Å². The van der Waals surface area contributed by atoms with E-state index in [9.17, 15) is 9.59 Å². The number of nitrogens with one attached hydrogen (secondary N) is 2. The summed E-state index contributed by atoms with van der Waals surface area (Å²) >= 11 is 1.28.